The van der Waals surface area contributed by atoms with Crippen molar-refractivity contribution in [1.82, 2.24) is 9.55 Å². The molecule has 0 aliphatic rings. The van der Waals surface area contributed by atoms with Gasteiger partial charge in [0.15, 0.2) is 0 Å². The Morgan fingerprint density at radius 1 is 1.17 bits per heavy atom. The molecule has 0 bridgehead atoms. The Bertz CT molecular complexity index is 1130. The van der Waals surface area contributed by atoms with Crippen molar-refractivity contribution < 1.29 is 14.3 Å². The zero-order valence-corrected chi connectivity index (χ0v) is 16.7. The van der Waals surface area contributed by atoms with E-state index in [-0.39, 0.29) is 30.0 Å². The number of aryl methyl sites for hydroxylation is 2. The van der Waals surface area contributed by atoms with Crippen LogP contribution in [0.25, 0.3) is 11.0 Å². The van der Waals surface area contributed by atoms with Crippen molar-refractivity contribution in [2.24, 2.45) is 0 Å². The zero-order chi connectivity index (χ0) is 21.0. The van der Waals surface area contributed by atoms with Crippen LogP contribution in [0.1, 0.15) is 35.5 Å². The summed E-state index contributed by atoms with van der Waals surface area (Å²) in [4.78, 5) is 42.0. The molecule has 7 heteroatoms. The molecule has 0 radical (unpaired) electrons. The number of nitrogens with zero attached hydrogens (tertiary/aromatic N) is 2. The minimum atomic E-state index is -0.718. The summed E-state index contributed by atoms with van der Waals surface area (Å²) in [7, 11) is 0. The molecular weight excluding hydrogens is 370 g/mol. The minimum absolute atomic E-state index is 0.101. The van der Waals surface area contributed by atoms with Gasteiger partial charge >= 0.3 is 5.97 Å². The monoisotopic (exact) mass is 393 g/mol. The molecule has 0 saturated heterocycles. The van der Waals surface area contributed by atoms with Gasteiger partial charge in [-0.05, 0) is 50.1 Å². The second-order valence-electron chi connectivity index (χ2n) is 6.65. The molecular formula is C22H23N3O4. The highest BCUT2D eigenvalue weighted by atomic mass is 16.5. The number of carbonyl (C=O) groups excluding carboxylic acids is 2. The zero-order valence-electron chi connectivity index (χ0n) is 16.7. The number of aromatic nitrogens is 2. The third-order valence-electron chi connectivity index (χ3n) is 4.49. The summed E-state index contributed by atoms with van der Waals surface area (Å²) >= 11 is 0. The fourth-order valence-corrected chi connectivity index (χ4v) is 3.06. The van der Waals surface area contributed by atoms with E-state index in [0.717, 1.165) is 12.0 Å². The Morgan fingerprint density at radius 3 is 2.69 bits per heavy atom. The van der Waals surface area contributed by atoms with Gasteiger partial charge in [-0.25, -0.2) is 9.78 Å². The summed E-state index contributed by atoms with van der Waals surface area (Å²) in [6, 6.07) is 10.9. The molecule has 0 aliphatic carbocycles. The molecule has 0 unspecified atom stereocenters. The third kappa shape index (κ3) is 4.51. The van der Waals surface area contributed by atoms with Crippen LogP contribution in [0.4, 0.5) is 5.69 Å². The number of esters is 1. The number of hydrogen-bond acceptors (Lipinski definition) is 5. The molecule has 150 valence electrons. The van der Waals surface area contributed by atoms with Crippen molar-refractivity contribution in [3.63, 3.8) is 0 Å². The van der Waals surface area contributed by atoms with Gasteiger partial charge in [-0.1, -0.05) is 19.1 Å². The first-order valence-corrected chi connectivity index (χ1v) is 9.49. The standard InChI is InChI=1S/C22H23N3O4/c1-4-15-7-6-8-16(11-15)24-19(26)13-25-12-18(22(28)29-5-2)20(27)17-10-9-14(3)23-21(17)25/h6-12H,4-5,13H2,1-3H3,(H,24,26). The lowest BCUT2D eigenvalue weighted by Crippen LogP contribution is -2.25. The van der Waals surface area contributed by atoms with Gasteiger partial charge in [0.1, 0.15) is 17.8 Å². The molecule has 1 amide bonds. The van der Waals surface area contributed by atoms with Crippen LogP contribution in [-0.2, 0) is 22.5 Å². The highest BCUT2D eigenvalue weighted by Crippen LogP contribution is 2.14. The quantitative estimate of drug-likeness (QED) is 0.650. The predicted octanol–water partition coefficient (Wildman–Crippen LogP) is 3.08. The van der Waals surface area contributed by atoms with Gasteiger partial charge in [-0.2, -0.15) is 0 Å². The summed E-state index contributed by atoms with van der Waals surface area (Å²) in [6.07, 6.45) is 2.21. The van der Waals surface area contributed by atoms with Crippen molar-refractivity contribution in [2.45, 2.75) is 33.7 Å². The number of hydrogen-bond donors (Lipinski definition) is 1. The molecule has 0 fully saturated rings. The van der Waals surface area contributed by atoms with E-state index in [4.69, 9.17) is 4.74 Å². The normalized spacial score (nSPS) is 10.7. The Kier molecular flexibility index (Phi) is 6.07. The van der Waals surface area contributed by atoms with E-state index in [1.807, 2.05) is 31.2 Å². The average molecular weight is 393 g/mol. The van der Waals surface area contributed by atoms with E-state index < -0.39 is 11.4 Å². The fraction of sp³-hybridized carbons (Fsp3) is 0.273. The lowest BCUT2D eigenvalue weighted by atomic mass is 10.1. The Morgan fingerprint density at radius 2 is 1.97 bits per heavy atom. The third-order valence-corrected chi connectivity index (χ3v) is 4.49. The van der Waals surface area contributed by atoms with Crippen LogP contribution in [-0.4, -0.2) is 28.0 Å². The Labute approximate surface area is 168 Å². The van der Waals surface area contributed by atoms with Crippen molar-refractivity contribution in [2.75, 3.05) is 11.9 Å². The summed E-state index contributed by atoms with van der Waals surface area (Å²) in [5.74, 6) is -1.01. The summed E-state index contributed by atoms with van der Waals surface area (Å²) in [5.41, 5.74) is 2.27. The van der Waals surface area contributed by atoms with Gasteiger partial charge < -0.3 is 14.6 Å². The highest BCUT2D eigenvalue weighted by molar-refractivity contribution is 5.95. The van der Waals surface area contributed by atoms with Crippen molar-refractivity contribution in [3.8, 4) is 0 Å². The van der Waals surface area contributed by atoms with Gasteiger partial charge in [0, 0.05) is 17.6 Å². The number of fused-ring (bicyclic) bond motifs is 1. The number of anilines is 1. The van der Waals surface area contributed by atoms with Crippen LogP contribution >= 0.6 is 0 Å². The van der Waals surface area contributed by atoms with E-state index in [2.05, 4.69) is 10.3 Å². The van der Waals surface area contributed by atoms with Crippen LogP contribution in [0, 0.1) is 6.92 Å². The number of benzene rings is 1. The van der Waals surface area contributed by atoms with E-state index in [9.17, 15) is 14.4 Å². The van der Waals surface area contributed by atoms with Crippen LogP contribution in [0.15, 0.2) is 47.4 Å². The molecule has 2 aromatic heterocycles. The molecule has 7 nitrogen and oxygen atoms in total. The molecule has 1 aromatic carbocycles. The number of amides is 1. The smallest absolute Gasteiger partial charge is 0.343 e. The molecule has 0 atom stereocenters. The maximum absolute atomic E-state index is 12.7. The number of pyridine rings is 2. The van der Waals surface area contributed by atoms with Gasteiger partial charge in [0.2, 0.25) is 11.3 Å². The molecule has 3 rings (SSSR count). The van der Waals surface area contributed by atoms with Crippen molar-refractivity contribution in [3.05, 3.63) is 69.6 Å². The van der Waals surface area contributed by atoms with Gasteiger partial charge in [-0.15, -0.1) is 0 Å². The molecule has 0 spiro atoms. The van der Waals surface area contributed by atoms with Crippen LogP contribution in [0.5, 0.6) is 0 Å². The maximum atomic E-state index is 12.7. The first kappa shape index (κ1) is 20.3. The van der Waals surface area contributed by atoms with Crippen LogP contribution in [0.3, 0.4) is 0 Å². The minimum Gasteiger partial charge on any atom is -0.462 e. The summed E-state index contributed by atoms with van der Waals surface area (Å²) in [5, 5.41) is 3.12. The molecule has 29 heavy (non-hydrogen) atoms. The van der Waals surface area contributed by atoms with Gasteiger partial charge in [0.25, 0.3) is 0 Å². The second-order valence-corrected chi connectivity index (χ2v) is 6.65. The number of carbonyl (C=O) groups is 2. The summed E-state index contributed by atoms with van der Waals surface area (Å²) < 4.78 is 6.50. The fourth-order valence-electron chi connectivity index (χ4n) is 3.06. The molecule has 1 N–H and O–H groups in total. The first-order valence-electron chi connectivity index (χ1n) is 9.49. The Balaban J connectivity index is 1.99. The molecule has 0 saturated carbocycles. The molecule has 2 heterocycles. The average Bonchev–Trinajstić information content (AvgIpc) is 2.70. The van der Waals surface area contributed by atoms with Crippen LogP contribution < -0.4 is 10.7 Å². The highest BCUT2D eigenvalue weighted by Gasteiger charge is 2.18. The van der Waals surface area contributed by atoms with E-state index in [1.54, 1.807) is 26.0 Å². The topological polar surface area (TPSA) is 90.3 Å². The number of nitrogens with one attached hydrogen (secondary N) is 1. The van der Waals surface area contributed by atoms with E-state index in [1.165, 1.54) is 10.8 Å². The lowest BCUT2D eigenvalue weighted by molar-refractivity contribution is -0.116. The second kappa shape index (κ2) is 8.68. The number of rotatable bonds is 6. The van der Waals surface area contributed by atoms with Gasteiger partial charge in [0.05, 0.1) is 12.0 Å². The van der Waals surface area contributed by atoms with Crippen molar-refractivity contribution in [1.29, 1.82) is 0 Å². The maximum Gasteiger partial charge on any atom is 0.343 e. The van der Waals surface area contributed by atoms with E-state index >= 15 is 0 Å². The lowest BCUT2D eigenvalue weighted by Gasteiger charge is -2.13. The van der Waals surface area contributed by atoms with E-state index in [0.29, 0.717) is 17.0 Å². The summed E-state index contributed by atoms with van der Waals surface area (Å²) in [6.45, 7) is 5.55. The van der Waals surface area contributed by atoms with Crippen molar-refractivity contribution >= 4 is 28.6 Å². The molecule has 0 aliphatic heterocycles. The predicted molar refractivity (Wildman–Crippen MR) is 111 cm³/mol. The largest absolute Gasteiger partial charge is 0.462 e. The Hall–Kier alpha value is -3.48. The number of ether oxygens (including phenoxy) is 1. The van der Waals surface area contributed by atoms with Crippen LogP contribution in [0.2, 0.25) is 0 Å². The van der Waals surface area contributed by atoms with Gasteiger partial charge in [-0.3, -0.25) is 9.59 Å². The first-order chi connectivity index (χ1) is 13.9. The SMILES string of the molecule is CCOC(=O)c1cn(CC(=O)Nc2cccc(CC)c2)c2nc(C)ccc2c1=O. The molecule has 3 aromatic rings.